The van der Waals surface area contributed by atoms with E-state index in [1.54, 1.807) is 41.9 Å². The molecule has 1 aliphatic heterocycles. The number of ether oxygens (including phenoxy) is 2. The first-order valence-electron chi connectivity index (χ1n) is 11.0. The maximum absolute atomic E-state index is 14.4. The molecular weight excluding hydrogens is 433 g/mol. The van der Waals surface area contributed by atoms with Crippen molar-refractivity contribution < 1.29 is 18.7 Å². The van der Waals surface area contributed by atoms with Crippen LogP contribution in [0.5, 0.6) is 11.5 Å². The second kappa shape index (κ2) is 9.02. The Labute approximate surface area is 196 Å². The van der Waals surface area contributed by atoms with Gasteiger partial charge in [-0.15, -0.1) is 0 Å². The van der Waals surface area contributed by atoms with Crippen LogP contribution in [0.1, 0.15) is 16.8 Å². The molecule has 0 spiro atoms. The minimum atomic E-state index is -0.414. The third-order valence-corrected chi connectivity index (χ3v) is 6.10. The fraction of sp³-hybridized carbons (Fsp3) is 0.185. The van der Waals surface area contributed by atoms with E-state index in [4.69, 9.17) is 9.47 Å². The molecule has 4 aromatic rings. The van der Waals surface area contributed by atoms with E-state index in [2.05, 4.69) is 4.98 Å². The number of halogens is 1. The summed E-state index contributed by atoms with van der Waals surface area (Å²) in [7, 11) is 3.21. The van der Waals surface area contributed by atoms with Crippen LogP contribution in [0.2, 0.25) is 0 Å². The van der Waals surface area contributed by atoms with E-state index in [1.165, 1.54) is 12.1 Å². The number of nitrogens with zero attached hydrogens (tertiary/aromatic N) is 3. The molecule has 7 heteroatoms. The van der Waals surface area contributed by atoms with Crippen molar-refractivity contribution in [1.29, 1.82) is 0 Å². The summed E-state index contributed by atoms with van der Waals surface area (Å²) in [6, 6.07) is 16.5. The Morgan fingerprint density at radius 1 is 1.03 bits per heavy atom. The molecule has 3 heterocycles. The fourth-order valence-corrected chi connectivity index (χ4v) is 4.35. The third kappa shape index (κ3) is 3.90. The standard InChI is InChI=1S/C27H24FN3O3/c1-33-23-15-19-12-14-30(17-20(19)16-24(23)34-2)25(32)11-10-22-26(18-7-4-3-5-8-18)29-27-21(28)9-6-13-31(22)27/h3-11,13,15-16H,12,14,17H2,1-2H3/b11-10+. The van der Waals surface area contributed by atoms with Gasteiger partial charge >= 0.3 is 0 Å². The van der Waals surface area contributed by atoms with Gasteiger partial charge in [-0.05, 0) is 47.9 Å². The van der Waals surface area contributed by atoms with E-state index in [1.807, 2.05) is 42.5 Å². The molecule has 6 nitrogen and oxygen atoms in total. The first-order valence-corrected chi connectivity index (χ1v) is 11.0. The molecule has 5 rings (SSSR count). The smallest absolute Gasteiger partial charge is 0.246 e. The monoisotopic (exact) mass is 457 g/mol. The molecule has 0 saturated carbocycles. The zero-order valence-electron chi connectivity index (χ0n) is 19.0. The summed E-state index contributed by atoms with van der Waals surface area (Å²) in [5, 5.41) is 0. The van der Waals surface area contributed by atoms with Crippen molar-refractivity contribution in [3.05, 3.63) is 89.5 Å². The Kier molecular flexibility index (Phi) is 5.76. The summed E-state index contributed by atoms with van der Waals surface area (Å²) in [5.74, 6) is 0.800. The number of benzene rings is 2. The zero-order chi connectivity index (χ0) is 23.7. The molecule has 1 aliphatic rings. The van der Waals surface area contributed by atoms with E-state index in [9.17, 15) is 9.18 Å². The highest BCUT2D eigenvalue weighted by Gasteiger charge is 2.22. The molecule has 172 valence electrons. The van der Waals surface area contributed by atoms with Crippen LogP contribution >= 0.6 is 0 Å². The normalized spacial score (nSPS) is 13.3. The lowest BCUT2D eigenvalue weighted by molar-refractivity contribution is -0.126. The van der Waals surface area contributed by atoms with E-state index < -0.39 is 5.82 Å². The van der Waals surface area contributed by atoms with Crippen molar-refractivity contribution in [2.75, 3.05) is 20.8 Å². The minimum absolute atomic E-state index is 0.120. The molecule has 0 bridgehead atoms. The van der Waals surface area contributed by atoms with Crippen LogP contribution in [0.4, 0.5) is 4.39 Å². The number of methoxy groups -OCH3 is 2. The van der Waals surface area contributed by atoms with Crippen molar-refractivity contribution >= 4 is 17.6 Å². The second-order valence-corrected chi connectivity index (χ2v) is 8.08. The number of hydrogen-bond donors (Lipinski definition) is 0. The van der Waals surface area contributed by atoms with Crippen molar-refractivity contribution in [3.63, 3.8) is 0 Å². The highest BCUT2D eigenvalue weighted by Crippen LogP contribution is 2.33. The van der Waals surface area contributed by atoms with Gasteiger partial charge in [0.2, 0.25) is 5.91 Å². The van der Waals surface area contributed by atoms with Crippen molar-refractivity contribution in [2.24, 2.45) is 0 Å². The lowest BCUT2D eigenvalue weighted by atomic mass is 9.98. The lowest BCUT2D eigenvalue weighted by Gasteiger charge is -2.28. The number of hydrogen-bond acceptors (Lipinski definition) is 4. The van der Waals surface area contributed by atoms with Gasteiger partial charge in [-0.25, -0.2) is 9.37 Å². The molecule has 0 fully saturated rings. The summed E-state index contributed by atoms with van der Waals surface area (Å²) in [6.45, 7) is 1.07. The molecule has 2 aromatic carbocycles. The first kappa shape index (κ1) is 21.7. The molecule has 1 amide bonds. The summed E-state index contributed by atoms with van der Waals surface area (Å²) in [5.41, 5.74) is 4.53. The maximum atomic E-state index is 14.4. The van der Waals surface area contributed by atoms with E-state index in [0.717, 1.165) is 23.1 Å². The predicted molar refractivity (Wildman–Crippen MR) is 128 cm³/mol. The number of imidazole rings is 1. The van der Waals surface area contributed by atoms with Crippen LogP contribution in [0.3, 0.4) is 0 Å². The topological polar surface area (TPSA) is 56.1 Å². The second-order valence-electron chi connectivity index (χ2n) is 8.08. The van der Waals surface area contributed by atoms with E-state index in [-0.39, 0.29) is 11.6 Å². The van der Waals surface area contributed by atoms with E-state index in [0.29, 0.717) is 36.0 Å². The van der Waals surface area contributed by atoms with Gasteiger partial charge in [-0.3, -0.25) is 9.20 Å². The van der Waals surface area contributed by atoms with Crippen LogP contribution in [0, 0.1) is 5.82 Å². The van der Waals surface area contributed by atoms with Crippen molar-refractivity contribution in [1.82, 2.24) is 14.3 Å². The van der Waals surface area contributed by atoms with Crippen LogP contribution in [-0.2, 0) is 17.8 Å². The largest absolute Gasteiger partial charge is 0.493 e. The number of fused-ring (bicyclic) bond motifs is 2. The quantitative estimate of drug-likeness (QED) is 0.406. The number of aromatic nitrogens is 2. The van der Waals surface area contributed by atoms with Gasteiger partial charge in [0.1, 0.15) is 0 Å². The lowest BCUT2D eigenvalue weighted by Crippen LogP contribution is -2.34. The summed E-state index contributed by atoms with van der Waals surface area (Å²) in [6.07, 6.45) is 5.73. The van der Waals surface area contributed by atoms with Gasteiger partial charge in [0.05, 0.1) is 25.6 Å². The van der Waals surface area contributed by atoms with Crippen LogP contribution in [0.15, 0.2) is 66.9 Å². The van der Waals surface area contributed by atoms with Crippen LogP contribution in [0.25, 0.3) is 23.0 Å². The zero-order valence-corrected chi connectivity index (χ0v) is 19.0. The molecule has 0 saturated heterocycles. The highest BCUT2D eigenvalue weighted by molar-refractivity contribution is 5.93. The maximum Gasteiger partial charge on any atom is 0.246 e. The van der Waals surface area contributed by atoms with Gasteiger partial charge in [0.25, 0.3) is 0 Å². The number of amides is 1. The summed E-state index contributed by atoms with van der Waals surface area (Å²) in [4.78, 5) is 19.4. The van der Waals surface area contributed by atoms with Gasteiger partial charge in [-0.1, -0.05) is 30.3 Å². The Balaban J connectivity index is 1.46. The molecule has 0 N–H and O–H groups in total. The van der Waals surface area contributed by atoms with Gasteiger partial charge in [-0.2, -0.15) is 0 Å². The van der Waals surface area contributed by atoms with Gasteiger partial charge in [0, 0.05) is 30.9 Å². The minimum Gasteiger partial charge on any atom is -0.493 e. The Morgan fingerprint density at radius 2 is 1.76 bits per heavy atom. The van der Waals surface area contributed by atoms with Gasteiger partial charge < -0.3 is 14.4 Å². The Morgan fingerprint density at radius 3 is 2.50 bits per heavy atom. The Hall–Kier alpha value is -4.13. The number of rotatable bonds is 5. The SMILES string of the molecule is COc1cc2c(cc1OC)CN(C(=O)/C=C/c1c(-c3ccccc3)nc3c(F)cccn13)CC2. The summed E-state index contributed by atoms with van der Waals surface area (Å²) < 4.78 is 26.9. The predicted octanol–water partition coefficient (Wildman–Crippen LogP) is 4.76. The first-order chi connectivity index (χ1) is 16.6. The van der Waals surface area contributed by atoms with Gasteiger partial charge in [0.15, 0.2) is 23.0 Å². The number of pyridine rings is 1. The molecule has 0 aliphatic carbocycles. The molecular formula is C27H24FN3O3. The molecule has 34 heavy (non-hydrogen) atoms. The Bertz CT molecular complexity index is 1400. The summed E-state index contributed by atoms with van der Waals surface area (Å²) >= 11 is 0. The number of carbonyl (C=O) groups is 1. The van der Waals surface area contributed by atoms with Crippen molar-refractivity contribution in [2.45, 2.75) is 13.0 Å². The van der Waals surface area contributed by atoms with Crippen molar-refractivity contribution in [3.8, 4) is 22.8 Å². The van der Waals surface area contributed by atoms with E-state index >= 15 is 0 Å². The third-order valence-electron chi connectivity index (χ3n) is 6.10. The molecule has 0 radical (unpaired) electrons. The molecule has 2 aromatic heterocycles. The number of carbonyl (C=O) groups excluding carboxylic acids is 1. The van der Waals surface area contributed by atoms with Crippen LogP contribution in [-0.4, -0.2) is 41.0 Å². The average Bonchev–Trinajstić information content (AvgIpc) is 3.26. The molecule has 0 unspecified atom stereocenters. The fourth-order valence-electron chi connectivity index (χ4n) is 4.35. The molecule has 0 atom stereocenters. The average molecular weight is 458 g/mol. The highest BCUT2D eigenvalue weighted by atomic mass is 19.1. The van der Waals surface area contributed by atoms with Crippen LogP contribution < -0.4 is 9.47 Å².